The second-order valence-corrected chi connectivity index (χ2v) is 5.29. The Morgan fingerprint density at radius 2 is 1.95 bits per heavy atom. The fraction of sp³-hybridized carbons (Fsp3) is 0.200. The maximum atomic E-state index is 13.9. The average molecular weight is 327 g/mol. The van der Waals surface area contributed by atoms with Gasteiger partial charge >= 0.3 is 0 Å². The summed E-state index contributed by atoms with van der Waals surface area (Å²) in [5, 5.41) is 10.1. The van der Waals surface area contributed by atoms with E-state index in [1.807, 2.05) is 6.92 Å². The third-order valence-electron chi connectivity index (χ3n) is 3.06. The molecular formula is C15H13BrF2O. The molecule has 1 nitrogen and oxygen atoms in total. The predicted molar refractivity (Wildman–Crippen MR) is 73.9 cm³/mol. The SMILES string of the molecule is Cc1ccc(F)cc1CC(O)c1cccc(Br)c1F. The molecular weight excluding hydrogens is 314 g/mol. The molecule has 0 aliphatic heterocycles. The van der Waals surface area contributed by atoms with E-state index >= 15 is 0 Å². The zero-order valence-corrected chi connectivity index (χ0v) is 11.9. The minimum atomic E-state index is -1.00. The Bertz CT molecular complexity index is 599. The first-order valence-electron chi connectivity index (χ1n) is 5.86. The molecule has 0 saturated carbocycles. The summed E-state index contributed by atoms with van der Waals surface area (Å²) in [5.41, 5.74) is 1.75. The number of hydrogen-bond donors (Lipinski definition) is 1. The smallest absolute Gasteiger partial charge is 0.143 e. The lowest BCUT2D eigenvalue weighted by Crippen LogP contribution is -2.06. The van der Waals surface area contributed by atoms with Crippen molar-refractivity contribution < 1.29 is 13.9 Å². The van der Waals surface area contributed by atoms with Gasteiger partial charge in [0.1, 0.15) is 11.6 Å². The first kappa shape index (κ1) is 14.2. The molecule has 0 heterocycles. The summed E-state index contributed by atoms with van der Waals surface area (Å²) in [4.78, 5) is 0. The summed E-state index contributed by atoms with van der Waals surface area (Å²) in [6, 6.07) is 9.14. The Hall–Kier alpha value is -1.26. The van der Waals surface area contributed by atoms with Crippen LogP contribution in [0.15, 0.2) is 40.9 Å². The first-order chi connectivity index (χ1) is 8.99. The van der Waals surface area contributed by atoms with Gasteiger partial charge in [0.15, 0.2) is 0 Å². The van der Waals surface area contributed by atoms with Crippen molar-refractivity contribution in [3.05, 3.63) is 69.2 Å². The molecule has 1 unspecified atom stereocenters. The number of aliphatic hydroxyl groups excluding tert-OH is 1. The van der Waals surface area contributed by atoms with Crippen LogP contribution in [0.4, 0.5) is 8.78 Å². The molecule has 0 fully saturated rings. The van der Waals surface area contributed by atoms with Crippen molar-refractivity contribution >= 4 is 15.9 Å². The maximum Gasteiger partial charge on any atom is 0.143 e. The van der Waals surface area contributed by atoms with Gasteiger partial charge in [0.2, 0.25) is 0 Å². The van der Waals surface area contributed by atoms with E-state index < -0.39 is 11.9 Å². The minimum absolute atomic E-state index is 0.178. The highest BCUT2D eigenvalue weighted by Gasteiger charge is 2.16. The van der Waals surface area contributed by atoms with Crippen LogP contribution in [0, 0.1) is 18.6 Å². The van der Waals surface area contributed by atoms with Crippen molar-refractivity contribution in [3.63, 3.8) is 0 Å². The lowest BCUT2D eigenvalue weighted by Gasteiger charge is -2.14. The zero-order valence-electron chi connectivity index (χ0n) is 10.3. The topological polar surface area (TPSA) is 20.2 Å². The van der Waals surface area contributed by atoms with Crippen molar-refractivity contribution in [2.45, 2.75) is 19.4 Å². The van der Waals surface area contributed by atoms with Gasteiger partial charge in [0.25, 0.3) is 0 Å². The molecule has 4 heteroatoms. The van der Waals surface area contributed by atoms with Crippen LogP contribution in [0.3, 0.4) is 0 Å². The number of aliphatic hydroxyl groups is 1. The van der Waals surface area contributed by atoms with Crippen LogP contribution in [-0.2, 0) is 6.42 Å². The standard InChI is InChI=1S/C15H13BrF2O/c1-9-5-6-11(17)7-10(9)8-14(19)12-3-2-4-13(16)15(12)18/h2-7,14,19H,8H2,1H3. The fourth-order valence-corrected chi connectivity index (χ4v) is 2.34. The monoisotopic (exact) mass is 326 g/mol. The van der Waals surface area contributed by atoms with Gasteiger partial charge in [0, 0.05) is 12.0 Å². The molecule has 0 amide bonds. The largest absolute Gasteiger partial charge is 0.388 e. The molecule has 0 bridgehead atoms. The Kier molecular flexibility index (Phi) is 4.32. The third kappa shape index (κ3) is 3.19. The third-order valence-corrected chi connectivity index (χ3v) is 3.68. The van der Waals surface area contributed by atoms with Gasteiger partial charge in [-0.15, -0.1) is 0 Å². The summed E-state index contributed by atoms with van der Waals surface area (Å²) in [6.07, 6.45) is -0.824. The first-order valence-corrected chi connectivity index (χ1v) is 6.65. The van der Waals surface area contributed by atoms with E-state index in [0.717, 1.165) is 5.56 Å². The van der Waals surface area contributed by atoms with Crippen LogP contribution in [0.25, 0.3) is 0 Å². The molecule has 1 N–H and O–H groups in total. The van der Waals surface area contributed by atoms with Gasteiger partial charge in [-0.3, -0.25) is 0 Å². The van der Waals surface area contributed by atoms with Gasteiger partial charge < -0.3 is 5.11 Å². The molecule has 0 aliphatic carbocycles. The van der Waals surface area contributed by atoms with Crippen molar-refractivity contribution in [2.24, 2.45) is 0 Å². The normalized spacial score (nSPS) is 12.5. The molecule has 100 valence electrons. The molecule has 0 aromatic heterocycles. The maximum absolute atomic E-state index is 13.9. The number of aryl methyl sites for hydroxylation is 1. The van der Waals surface area contributed by atoms with E-state index in [9.17, 15) is 13.9 Å². The molecule has 0 saturated heterocycles. The van der Waals surface area contributed by atoms with Crippen LogP contribution in [0.5, 0.6) is 0 Å². The predicted octanol–water partition coefficient (Wildman–Crippen LogP) is 4.31. The fourth-order valence-electron chi connectivity index (χ4n) is 1.96. The van der Waals surface area contributed by atoms with E-state index in [1.165, 1.54) is 18.2 Å². The second-order valence-electron chi connectivity index (χ2n) is 4.43. The van der Waals surface area contributed by atoms with Gasteiger partial charge in [-0.2, -0.15) is 0 Å². The molecule has 0 spiro atoms. The van der Waals surface area contributed by atoms with Gasteiger partial charge in [0.05, 0.1) is 10.6 Å². The summed E-state index contributed by atoms with van der Waals surface area (Å²) in [6.45, 7) is 1.83. The molecule has 2 aromatic rings. The van der Waals surface area contributed by atoms with Crippen LogP contribution in [0.2, 0.25) is 0 Å². The number of halogens is 3. The molecule has 0 radical (unpaired) electrons. The van der Waals surface area contributed by atoms with E-state index in [1.54, 1.807) is 18.2 Å². The highest BCUT2D eigenvalue weighted by Crippen LogP contribution is 2.27. The lowest BCUT2D eigenvalue weighted by molar-refractivity contribution is 0.173. The molecule has 1 atom stereocenters. The highest BCUT2D eigenvalue weighted by atomic mass is 79.9. The number of hydrogen-bond acceptors (Lipinski definition) is 1. The van der Waals surface area contributed by atoms with Crippen LogP contribution < -0.4 is 0 Å². The van der Waals surface area contributed by atoms with E-state index in [0.29, 0.717) is 10.0 Å². The summed E-state index contributed by atoms with van der Waals surface area (Å²) >= 11 is 3.08. The van der Waals surface area contributed by atoms with Crippen LogP contribution >= 0.6 is 15.9 Å². The number of rotatable bonds is 3. The quantitative estimate of drug-likeness (QED) is 0.891. The van der Waals surface area contributed by atoms with Crippen molar-refractivity contribution in [1.82, 2.24) is 0 Å². The second kappa shape index (κ2) is 5.80. The van der Waals surface area contributed by atoms with Gasteiger partial charge in [-0.1, -0.05) is 18.2 Å². The summed E-state index contributed by atoms with van der Waals surface area (Å²) < 4.78 is 27.3. The van der Waals surface area contributed by atoms with E-state index in [2.05, 4.69) is 15.9 Å². The Labute approximate surface area is 119 Å². The Balaban J connectivity index is 2.28. The number of benzene rings is 2. The van der Waals surface area contributed by atoms with Crippen molar-refractivity contribution in [3.8, 4) is 0 Å². The zero-order chi connectivity index (χ0) is 14.0. The van der Waals surface area contributed by atoms with E-state index in [4.69, 9.17) is 0 Å². The van der Waals surface area contributed by atoms with Crippen LogP contribution in [0.1, 0.15) is 22.8 Å². The highest BCUT2D eigenvalue weighted by molar-refractivity contribution is 9.10. The lowest BCUT2D eigenvalue weighted by atomic mass is 9.98. The summed E-state index contributed by atoms with van der Waals surface area (Å²) in [5.74, 6) is -0.841. The van der Waals surface area contributed by atoms with Crippen molar-refractivity contribution in [1.29, 1.82) is 0 Å². The van der Waals surface area contributed by atoms with E-state index in [-0.39, 0.29) is 17.8 Å². The minimum Gasteiger partial charge on any atom is -0.388 e. The molecule has 2 aromatic carbocycles. The molecule has 2 rings (SSSR count). The molecule has 19 heavy (non-hydrogen) atoms. The van der Waals surface area contributed by atoms with Gasteiger partial charge in [-0.25, -0.2) is 8.78 Å². The van der Waals surface area contributed by atoms with Gasteiger partial charge in [-0.05, 0) is 52.2 Å². The average Bonchev–Trinajstić information content (AvgIpc) is 2.37. The summed E-state index contributed by atoms with van der Waals surface area (Å²) in [7, 11) is 0. The molecule has 0 aliphatic rings. The van der Waals surface area contributed by atoms with Crippen LogP contribution in [-0.4, -0.2) is 5.11 Å². The Morgan fingerprint density at radius 3 is 2.68 bits per heavy atom. The Morgan fingerprint density at radius 1 is 1.21 bits per heavy atom. The van der Waals surface area contributed by atoms with Crippen molar-refractivity contribution in [2.75, 3.05) is 0 Å².